The quantitative estimate of drug-likeness (QED) is 0.353. The highest BCUT2D eigenvalue weighted by molar-refractivity contribution is 7.17. The first-order chi connectivity index (χ1) is 13.0. The average Bonchev–Trinajstić information content (AvgIpc) is 2.81. The van der Waals surface area contributed by atoms with Crippen LogP contribution in [0, 0.1) is 10.1 Å². The Labute approximate surface area is 160 Å². The molecular weight excluding hydrogens is 366 g/mol. The van der Waals surface area contributed by atoms with Crippen LogP contribution in [0.25, 0.3) is 6.08 Å². The molecule has 0 atom stereocenters. The van der Waals surface area contributed by atoms with Gasteiger partial charge in [0.2, 0.25) is 5.91 Å². The van der Waals surface area contributed by atoms with E-state index >= 15 is 0 Å². The molecule has 2 amide bonds. The lowest BCUT2D eigenvalue weighted by atomic mass is 10.1. The molecule has 0 saturated heterocycles. The summed E-state index contributed by atoms with van der Waals surface area (Å²) in [4.78, 5) is 35.6. The topological polar surface area (TPSA) is 115 Å². The van der Waals surface area contributed by atoms with E-state index in [4.69, 9.17) is 5.73 Å². The molecule has 0 saturated carbocycles. The first-order valence-corrected chi connectivity index (χ1v) is 9.45. The van der Waals surface area contributed by atoms with E-state index in [2.05, 4.69) is 5.32 Å². The molecule has 0 unspecified atom stereocenters. The van der Waals surface area contributed by atoms with Gasteiger partial charge in [0.15, 0.2) is 0 Å². The predicted octanol–water partition coefficient (Wildman–Crippen LogP) is 3.68. The highest BCUT2D eigenvalue weighted by Crippen LogP contribution is 2.37. The largest absolute Gasteiger partial charge is 0.365 e. The number of hydrogen-bond donors (Lipinski definition) is 2. The number of nitrogens with two attached hydrogens (primary N) is 1. The van der Waals surface area contributed by atoms with E-state index in [1.807, 2.05) is 0 Å². The second-order valence-corrected chi connectivity index (χ2v) is 7.41. The third kappa shape index (κ3) is 4.40. The van der Waals surface area contributed by atoms with Gasteiger partial charge in [-0.3, -0.25) is 19.7 Å². The number of rotatable bonds is 5. The first kappa shape index (κ1) is 18.8. The molecule has 8 heteroatoms. The molecule has 0 aliphatic heterocycles. The van der Waals surface area contributed by atoms with Crippen LogP contribution >= 0.6 is 11.3 Å². The number of nitrogens with one attached hydrogen (secondary N) is 1. The predicted molar refractivity (Wildman–Crippen MR) is 105 cm³/mol. The fourth-order valence-corrected chi connectivity index (χ4v) is 4.46. The minimum atomic E-state index is -0.535. The summed E-state index contributed by atoms with van der Waals surface area (Å²) in [6, 6.07) is 5.98. The molecule has 2 aromatic rings. The van der Waals surface area contributed by atoms with E-state index in [1.165, 1.54) is 35.6 Å². The van der Waals surface area contributed by atoms with Crippen molar-refractivity contribution in [1.29, 1.82) is 0 Å². The summed E-state index contributed by atoms with van der Waals surface area (Å²) in [5.74, 6) is -0.951. The number of non-ortho nitro benzene ring substituents is 1. The molecule has 1 aliphatic carbocycles. The minimum Gasteiger partial charge on any atom is -0.365 e. The zero-order chi connectivity index (χ0) is 19.4. The Kier molecular flexibility index (Phi) is 5.66. The van der Waals surface area contributed by atoms with Crippen LogP contribution < -0.4 is 11.1 Å². The number of carbonyl (C=O) groups is 2. The van der Waals surface area contributed by atoms with Gasteiger partial charge in [0.25, 0.3) is 11.6 Å². The van der Waals surface area contributed by atoms with Crippen molar-refractivity contribution in [3.63, 3.8) is 0 Å². The van der Waals surface area contributed by atoms with E-state index in [0.29, 0.717) is 16.1 Å². The van der Waals surface area contributed by atoms with Gasteiger partial charge in [-0.1, -0.05) is 18.6 Å². The zero-order valence-electron chi connectivity index (χ0n) is 14.6. The highest BCUT2D eigenvalue weighted by atomic mass is 32.1. The Morgan fingerprint density at radius 2 is 2.00 bits per heavy atom. The Morgan fingerprint density at radius 1 is 1.22 bits per heavy atom. The summed E-state index contributed by atoms with van der Waals surface area (Å²) in [6.07, 6.45) is 7.64. The van der Waals surface area contributed by atoms with Crippen LogP contribution in [-0.4, -0.2) is 16.7 Å². The number of amides is 2. The van der Waals surface area contributed by atoms with Gasteiger partial charge in [0, 0.05) is 23.1 Å². The van der Waals surface area contributed by atoms with Crippen LogP contribution in [-0.2, 0) is 17.6 Å². The van der Waals surface area contributed by atoms with Crippen molar-refractivity contribution >= 4 is 39.9 Å². The number of anilines is 1. The number of aryl methyl sites for hydroxylation is 1. The number of carbonyl (C=O) groups excluding carboxylic acids is 2. The first-order valence-electron chi connectivity index (χ1n) is 8.63. The number of primary amides is 1. The maximum atomic E-state index is 12.3. The zero-order valence-corrected chi connectivity index (χ0v) is 15.4. The standard InChI is InChI=1S/C19H19N3O4S/c20-18(24)17-14-7-2-1-3-8-15(14)27-19(17)21-16(23)10-9-12-5-4-6-13(11-12)22(25)26/h4-6,9-11H,1-3,7-8H2,(H2,20,24)(H,21,23)/b10-9+. The molecule has 0 spiro atoms. The maximum Gasteiger partial charge on any atom is 0.270 e. The lowest BCUT2D eigenvalue weighted by molar-refractivity contribution is -0.384. The second-order valence-electron chi connectivity index (χ2n) is 6.31. The number of fused-ring (bicyclic) bond motifs is 1. The van der Waals surface area contributed by atoms with Crippen LogP contribution in [0.5, 0.6) is 0 Å². The van der Waals surface area contributed by atoms with Gasteiger partial charge in [-0.2, -0.15) is 0 Å². The fourth-order valence-electron chi connectivity index (χ4n) is 3.16. The Bertz CT molecular complexity index is 933. The Hall–Kier alpha value is -3.00. The third-order valence-corrected chi connectivity index (χ3v) is 5.62. The fraction of sp³-hybridized carbons (Fsp3) is 0.263. The molecule has 1 aliphatic rings. The van der Waals surface area contributed by atoms with Crippen molar-refractivity contribution < 1.29 is 14.5 Å². The van der Waals surface area contributed by atoms with Gasteiger partial charge in [0.05, 0.1) is 10.5 Å². The van der Waals surface area contributed by atoms with Crippen molar-refractivity contribution in [2.75, 3.05) is 5.32 Å². The number of nitrogens with zero attached hydrogens (tertiary/aromatic N) is 1. The van der Waals surface area contributed by atoms with E-state index < -0.39 is 16.7 Å². The molecule has 0 bridgehead atoms. The number of hydrogen-bond acceptors (Lipinski definition) is 5. The summed E-state index contributed by atoms with van der Waals surface area (Å²) in [5.41, 5.74) is 7.42. The van der Waals surface area contributed by atoms with Crippen LogP contribution in [0.4, 0.5) is 10.7 Å². The van der Waals surface area contributed by atoms with E-state index in [1.54, 1.807) is 12.1 Å². The Balaban J connectivity index is 1.79. The second kappa shape index (κ2) is 8.13. The minimum absolute atomic E-state index is 0.0458. The molecular formula is C19H19N3O4S. The summed E-state index contributed by atoms with van der Waals surface area (Å²) in [6.45, 7) is 0. The molecule has 7 nitrogen and oxygen atoms in total. The average molecular weight is 385 g/mol. The number of thiophene rings is 1. The van der Waals surface area contributed by atoms with Crippen molar-refractivity contribution in [2.45, 2.75) is 32.1 Å². The van der Waals surface area contributed by atoms with Crippen LogP contribution in [0.15, 0.2) is 30.3 Å². The van der Waals surface area contributed by atoms with Crippen molar-refractivity contribution in [3.8, 4) is 0 Å². The smallest absolute Gasteiger partial charge is 0.270 e. The van der Waals surface area contributed by atoms with Gasteiger partial charge in [-0.15, -0.1) is 11.3 Å². The van der Waals surface area contributed by atoms with E-state index in [-0.39, 0.29) is 5.69 Å². The van der Waals surface area contributed by atoms with Gasteiger partial charge >= 0.3 is 0 Å². The monoisotopic (exact) mass is 385 g/mol. The number of nitro groups is 1. The molecule has 1 aromatic heterocycles. The van der Waals surface area contributed by atoms with Crippen LogP contribution in [0.2, 0.25) is 0 Å². The summed E-state index contributed by atoms with van der Waals surface area (Å²) < 4.78 is 0. The van der Waals surface area contributed by atoms with Crippen molar-refractivity contribution in [3.05, 3.63) is 62.0 Å². The van der Waals surface area contributed by atoms with Gasteiger partial charge in [0.1, 0.15) is 5.00 Å². The van der Waals surface area contributed by atoms with Crippen molar-refractivity contribution in [2.24, 2.45) is 5.73 Å². The van der Waals surface area contributed by atoms with E-state index in [9.17, 15) is 19.7 Å². The molecule has 3 N–H and O–H groups in total. The van der Waals surface area contributed by atoms with Gasteiger partial charge in [-0.05, 0) is 42.9 Å². The molecule has 1 aromatic carbocycles. The summed E-state index contributed by atoms with van der Waals surface area (Å²) in [7, 11) is 0. The number of nitro benzene ring substituents is 1. The van der Waals surface area contributed by atoms with Crippen molar-refractivity contribution in [1.82, 2.24) is 0 Å². The lowest BCUT2D eigenvalue weighted by Gasteiger charge is -2.04. The van der Waals surface area contributed by atoms with E-state index in [0.717, 1.165) is 42.5 Å². The highest BCUT2D eigenvalue weighted by Gasteiger charge is 2.23. The van der Waals surface area contributed by atoms with Gasteiger partial charge in [-0.25, -0.2) is 0 Å². The van der Waals surface area contributed by atoms with Crippen LogP contribution in [0.3, 0.4) is 0 Å². The molecule has 1 heterocycles. The molecule has 140 valence electrons. The molecule has 27 heavy (non-hydrogen) atoms. The normalized spacial score (nSPS) is 13.8. The summed E-state index contributed by atoms with van der Waals surface area (Å²) >= 11 is 1.40. The number of benzene rings is 1. The molecule has 0 fully saturated rings. The summed E-state index contributed by atoms with van der Waals surface area (Å²) in [5, 5.41) is 14.0. The third-order valence-electron chi connectivity index (χ3n) is 4.41. The van der Waals surface area contributed by atoms with Gasteiger partial charge < -0.3 is 11.1 Å². The SMILES string of the molecule is NC(=O)c1c(NC(=O)/C=C/c2cccc([N+](=O)[O-])c2)sc2c1CCCCC2. The van der Waals surface area contributed by atoms with Crippen LogP contribution in [0.1, 0.15) is 45.6 Å². The lowest BCUT2D eigenvalue weighted by Crippen LogP contribution is -2.16. The molecule has 0 radical (unpaired) electrons. The molecule has 3 rings (SSSR count). The maximum absolute atomic E-state index is 12.3. The Morgan fingerprint density at radius 3 is 2.74 bits per heavy atom.